The van der Waals surface area contributed by atoms with E-state index in [0.717, 1.165) is 0 Å². The molecule has 6 heteroatoms. The van der Waals surface area contributed by atoms with E-state index in [9.17, 15) is 14.0 Å². The van der Waals surface area contributed by atoms with Crippen molar-refractivity contribution in [2.45, 2.75) is 13.0 Å². The zero-order valence-electron chi connectivity index (χ0n) is 9.78. The van der Waals surface area contributed by atoms with E-state index in [2.05, 4.69) is 10.6 Å². The normalized spacial score (nSPS) is 9.89. The lowest BCUT2D eigenvalue weighted by Gasteiger charge is -2.06. The molecule has 0 unspecified atom stereocenters. The second-order valence-electron chi connectivity index (χ2n) is 3.64. The Bertz CT molecular complexity index is 406. The molecule has 3 N–H and O–H groups in total. The number of carbonyl (C=O) groups is 2. The summed E-state index contributed by atoms with van der Waals surface area (Å²) in [5.74, 6) is -1.85. The lowest BCUT2D eigenvalue weighted by Crippen LogP contribution is -2.40. The van der Waals surface area contributed by atoms with Crippen molar-refractivity contribution in [3.8, 4) is 0 Å². The van der Waals surface area contributed by atoms with Crippen LogP contribution < -0.4 is 10.6 Å². The topological polar surface area (TPSA) is 78.4 Å². The van der Waals surface area contributed by atoms with Gasteiger partial charge in [0.1, 0.15) is 5.82 Å². The highest BCUT2D eigenvalue weighted by atomic mass is 19.1. The molecular weight excluding hydrogens is 239 g/mol. The van der Waals surface area contributed by atoms with Crippen LogP contribution in [0.5, 0.6) is 0 Å². The first-order chi connectivity index (χ1) is 8.63. The molecule has 0 aliphatic rings. The average Bonchev–Trinajstić information content (AvgIpc) is 2.38. The van der Waals surface area contributed by atoms with Crippen molar-refractivity contribution in [2.24, 2.45) is 0 Å². The van der Waals surface area contributed by atoms with E-state index >= 15 is 0 Å². The van der Waals surface area contributed by atoms with Crippen molar-refractivity contribution >= 4 is 11.8 Å². The molecule has 0 fully saturated rings. The van der Waals surface area contributed by atoms with Gasteiger partial charge in [-0.25, -0.2) is 4.39 Å². The first kappa shape index (κ1) is 14.1. The molecule has 0 aliphatic carbocycles. The van der Waals surface area contributed by atoms with Crippen LogP contribution in [-0.4, -0.2) is 30.1 Å². The monoisotopic (exact) mass is 254 g/mol. The van der Waals surface area contributed by atoms with E-state index < -0.39 is 11.8 Å². The van der Waals surface area contributed by atoms with Gasteiger partial charge in [0, 0.05) is 19.7 Å². The molecule has 2 amide bonds. The maximum absolute atomic E-state index is 12.6. The first-order valence-corrected chi connectivity index (χ1v) is 5.55. The highest BCUT2D eigenvalue weighted by Gasteiger charge is 2.11. The molecule has 98 valence electrons. The van der Waals surface area contributed by atoms with Crippen LogP contribution in [0, 0.1) is 5.82 Å². The molecule has 0 saturated heterocycles. The van der Waals surface area contributed by atoms with Gasteiger partial charge in [-0.2, -0.15) is 0 Å². The van der Waals surface area contributed by atoms with Crippen molar-refractivity contribution in [3.63, 3.8) is 0 Å². The third kappa shape index (κ3) is 4.92. The van der Waals surface area contributed by atoms with Gasteiger partial charge in [-0.05, 0) is 24.1 Å². The Balaban J connectivity index is 2.32. The fraction of sp³-hybridized carbons (Fsp3) is 0.333. The number of carbonyl (C=O) groups excluding carboxylic acids is 2. The third-order valence-corrected chi connectivity index (χ3v) is 2.19. The minimum absolute atomic E-state index is 0.0442. The van der Waals surface area contributed by atoms with Crippen molar-refractivity contribution in [1.29, 1.82) is 0 Å². The Kier molecular flexibility index (Phi) is 5.79. The number of rotatable bonds is 5. The molecule has 0 atom stereocenters. The highest BCUT2D eigenvalue weighted by molar-refractivity contribution is 6.35. The molecule has 0 aromatic heterocycles. The summed E-state index contributed by atoms with van der Waals surface area (Å²) in [6.07, 6.45) is 0.400. The van der Waals surface area contributed by atoms with Gasteiger partial charge < -0.3 is 15.7 Å². The Hall–Kier alpha value is -1.95. The largest absolute Gasteiger partial charge is 0.396 e. The molecule has 0 heterocycles. The minimum atomic E-state index is -0.753. The molecule has 18 heavy (non-hydrogen) atoms. The van der Waals surface area contributed by atoms with E-state index in [4.69, 9.17) is 5.11 Å². The van der Waals surface area contributed by atoms with Gasteiger partial charge in [-0.3, -0.25) is 9.59 Å². The van der Waals surface area contributed by atoms with Crippen LogP contribution in [-0.2, 0) is 16.1 Å². The number of nitrogens with one attached hydrogen (secondary N) is 2. The maximum atomic E-state index is 12.6. The molecule has 5 nitrogen and oxygen atoms in total. The molecule has 0 saturated carbocycles. The zero-order valence-corrected chi connectivity index (χ0v) is 9.78. The summed E-state index contributed by atoms with van der Waals surface area (Å²) in [4.78, 5) is 22.5. The maximum Gasteiger partial charge on any atom is 0.309 e. The molecular formula is C12H15FN2O3. The fourth-order valence-electron chi connectivity index (χ4n) is 1.23. The van der Waals surface area contributed by atoms with Crippen LogP contribution in [0.2, 0.25) is 0 Å². The smallest absolute Gasteiger partial charge is 0.309 e. The number of amides is 2. The summed E-state index contributed by atoms with van der Waals surface area (Å²) in [5.41, 5.74) is 0.702. The minimum Gasteiger partial charge on any atom is -0.396 e. The predicted molar refractivity (Wildman–Crippen MR) is 63.0 cm³/mol. The van der Waals surface area contributed by atoms with Gasteiger partial charge in [-0.1, -0.05) is 12.1 Å². The van der Waals surface area contributed by atoms with Gasteiger partial charge in [0.15, 0.2) is 0 Å². The molecule has 1 aromatic rings. The standard InChI is InChI=1S/C12H15FN2O3/c13-10-4-2-9(3-5-10)8-15-12(18)11(17)14-6-1-7-16/h2-5,16H,1,6-8H2,(H,14,17)(H,15,18). The first-order valence-electron chi connectivity index (χ1n) is 5.55. The van der Waals surface area contributed by atoms with Gasteiger partial charge in [-0.15, -0.1) is 0 Å². The molecule has 0 bridgehead atoms. The summed E-state index contributed by atoms with van der Waals surface area (Å²) in [6, 6.07) is 5.62. The van der Waals surface area contributed by atoms with E-state index in [0.29, 0.717) is 12.0 Å². The Labute approximate surface area is 104 Å². The van der Waals surface area contributed by atoms with E-state index in [1.165, 1.54) is 24.3 Å². The number of aliphatic hydroxyl groups excluding tert-OH is 1. The molecule has 0 radical (unpaired) electrons. The van der Waals surface area contributed by atoms with Crippen molar-refractivity contribution < 1.29 is 19.1 Å². The van der Waals surface area contributed by atoms with Gasteiger partial charge in [0.25, 0.3) is 0 Å². The Morgan fingerprint density at radius 1 is 1.11 bits per heavy atom. The van der Waals surface area contributed by atoms with E-state index in [1.54, 1.807) is 0 Å². The zero-order chi connectivity index (χ0) is 13.4. The number of hydrogen-bond acceptors (Lipinski definition) is 3. The number of halogens is 1. The fourth-order valence-corrected chi connectivity index (χ4v) is 1.23. The number of hydrogen-bond donors (Lipinski definition) is 3. The Morgan fingerprint density at radius 2 is 1.72 bits per heavy atom. The van der Waals surface area contributed by atoms with Crippen LogP contribution in [0.25, 0.3) is 0 Å². The molecule has 1 rings (SSSR count). The summed E-state index contributed by atoms with van der Waals surface area (Å²) >= 11 is 0. The van der Waals surface area contributed by atoms with Crippen LogP contribution in [0.1, 0.15) is 12.0 Å². The summed E-state index contributed by atoms with van der Waals surface area (Å²) in [5, 5.41) is 13.3. The Morgan fingerprint density at radius 3 is 2.33 bits per heavy atom. The summed E-state index contributed by atoms with van der Waals surface area (Å²) in [6.45, 7) is 0.364. The van der Waals surface area contributed by atoms with Gasteiger partial charge in [0.2, 0.25) is 0 Å². The second kappa shape index (κ2) is 7.39. The van der Waals surface area contributed by atoms with Gasteiger partial charge >= 0.3 is 11.8 Å². The van der Waals surface area contributed by atoms with Crippen molar-refractivity contribution in [1.82, 2.24) is 10.6 Å². The highest BCUT2D eigenvalue weighted by Crippen LogP contribution is 2.01. The number of benzene rings is 1. The van der Waals surface area contributed by atoms with E-state index in [-0.39, 0.29) is 25.5 Å². The number of aliphatic hydroxyl groups is 1. The van der Waals surface area contributed by atoms with Gasteiger partial charge in [0.05, 0.1) is 0 Å². The molecule has 1 aromatic carbocycles. The van der Waals surface area contributed by atoms with Crippen LogP contribution in [0.4, 0.5) is 4.39 Å². The predicted octanol–water partition coefficient (Wildman–Crippen LogP) is -0.0595. The van der Waals surface area contributed by atoms with E-state index in [1.807, 2.05) is 0 Å². The van der Waals surface area contributed by atoms with Crippen LogP contribution >= 0.6 is 0 Å². The average molecular weight is 254 g/mol. The van der Waals surface area contributed by atoms with Crippen molar-refractivity contribution in [3.05, 3.63) is 35.6 Å². The summed E-state index contributed by atoms with van der Waals surface area (Å²) < 4.78 is 12.6. The molecule has 0 spiro atoms. The third-order valence-electron chi connectivity index (χ3n) is 2.19. The van der Waals surface area contributed by atoms with Crippen LogP contribution in [0.3, 0.4) is 0 Å². The lowest BCUT2D eigenvalue weighted by atomic mass is 10.2. The SMILES string of the molecule is O=C(NCCCO)C(=O)NCc1ccc(F)cc1. The second-order valence-corrected chi connectivity index (χ2v) is 3.64. The molecule has 0 aliphatic heterocycles. The quantitative estimate of drug-likeness (QED) is 0.509. The van der Waals surface area contributed by atoms with Crippen molar-refractivity contribution in [2.75, 3.05) is 13.2 Å². The lowest BCUT2D eigenvalue weighted by molar-refractivity contribution is -0.139. The van der Waals surface area contributed by atoms with Crippen LogP contribution in [0.15, 0.2) is 24.3 Å². The summed E-state index contributed by atoms with van der Waals surface area (Å²) in [7, 11) is 0.